The maximum atomic E-state index is 5.91. The van der Waals surface area contributed by atoms with Crippen molar-refractivity contribution in [3.63, 3.8) is 0 Å². The molecule has 7 nitrogen and oxygen atoms in total. The lowest BCUT2D eigenvalue weighted by Gasteiger charge is -2.19. The molecule has 2 aromatic heterocycles. The maximum absolute atomic E-state index is 5.91. The van der Waals surface area contributed by atoms with Crippen molar-refractivity contribution in [2.45, 2.75) is 20.0 Å². The van der Waals surface area contributed by atoms with Crippen molar-refractivity contribution < 1.29 is 9.47 Å². The zero-order valence-corrected chi connectivity index (χ0v) is 14.2. The number of aromatic nitrogens is 4. The fourth-order valence-electron chi connectivity index (χ4n) is 3.08. The first-order chi connectivity index (χ1) is 12.2. The van der Waals surface area contributed by atoms with Crippen molar-refractivity contribution in [3.05, 3.63) is 47.7 Å². The number of nitrogens with zero attached hydrogens (tertiary/aromatic N) is 4. The number of imidazole rings is 1. The summed E-state index contributed by atoms with van der Waals surface area (Å²) in [6.45, 7) is 3.11. The van der Waals surface area contributed by atoms with Crippen molar-refractivity contribution in [3.8, 4) is 22.7 Å². The Labute approximate surface area is 145 Å². The summed E-state index contributed by atoms with van der Waals surface area (Å²) in [5.74, 6) is 1.02. The molecule has 25 heavy (non-hydrogen) atoms. The average Bonchev–Trinajstić information content (AvgIpc) is 3.06. The molecule has 1 aliphatic rings. The lowest BCUT2D eigenvalue weighted by atomic mass is 10.0. The Morgan fingerprint density at radius 2 is 2.16 bits per heavy atom. The van der Waals surface area contributed by atoms with Gasteiger partial charge in [-0.15, -0.1) is 0 Å². The van der Waals surface area contributed by atoms with Crippen molar-refractivity contribution >= 4 is 5.95 Å². The predicted octanol–water partition coefficient (Wildman–Crippen LogP) is 2.30. The van der Waals surface area contributed by atoms with Crippen LogP contribution in [-0.2, 0) is 17.8 Å². The summed E-state index contributed by atoms with van der Waals surface area (Å²) in [5, 5.41) is 0. The summed E-state index contributed by atoms with van der Waals surface area (Å²) in [7, 11) is 1.65. The van der Waals surface area contributed by atoms with Crippen LogP contribution in [0.3, 0.4) is 0 Å². The van der Waals surface area contributed by atoms with E-state index in [1.165, 1.54) is 0 Å². The Hall–Kier alpha value is -2.93. The molecular formula is C18H19N5O2. The Balaban J connectivity index is 1.83. The van der Waals surface area contributed by atoms with E-state index in [0.717, 1.165) is 46.1 Å². The molecule has 0 atom stereocenters. The molecule has 7 heteroatoms. The minimum Gasteiger partial charge on any atom is -0.495 e. The van der Waals surface area contributed by atoms with Crippen LogP contribution in [-0.4, -0.2) is 33.2 Å². The number of fused-ring (bicyclic) bond motifs is 1. The molecule has 0 bridgehead atoms. The number of methoxy groups -OCH3 is 1. The first kappa shape index (κ1) is 15.6. The third-order valence-corrected chi connectivity index (χ3v) is 4.28. The second-order valence-corrected chi connectivity index (χ2v) is 5.97. The lowest BCUT2D eigenvalue weighted by molar-refractivity contribution is 0.109. The summed E-state index contributed by atoms with van der Waals surface area (Å²) >= 11 is 0. The number of nitrogen functional groups attached to an aromatic ring is 1. The van der Waals surface area contributed by atoms with E-state index in [4.69, 9.17) is 15.2 Å². The fourth-order valence-corrected chi connectivity index (χ4v) is 3.08. The molecule has 0 radical (unpaired) electrons. The van der Waals surface area contributed by atoms with Gasteiger partial charge in [0.05, 0.1) is 49.4 Å². The van der Waals surface area contributed by atoms with Crippen LogP contribution in [0.25, 0.3) is 16.9 Å². The lowest BCUT2D eigenvalue weighted by Crippen LogP contribution is -2.15. The quantitative estimate of drug-likeness (QED) is 0.789. The summed E-state index contributed by atoms with van der Waals surface area (Å²) in [6, 6.07) is 5.95. The van der Waals surface area contributed by atoms with Gasteiger partial charge in [0.2, 0.25) is 5.95 Å². The number of aryl methyl sites for hydroxylation is 1. The van der Waals surface area contributed by atoms with E-state index >= 15 is 0 Å². The van der Waals surface area contributed by atoms with Crippen LogP contribution in [0.5, 0.6) is 5.75 Å². The minimum absolute atomic E-state index is 0.281. The molecular weight excluding hydrogens is 318 g/mol. The monoisotopic (exact) mass is 337 g/mol. The molecule has 3 aromatic rings. The van der Waals surface area contributed by atoms with Crippen LogP contribution < -0.4 is 10.5 Å². The van der Waals surface area contributed by atoms with E-state index in [-0.39, 0.29) is 5.95 Å². The Kier molecular flexibility index (Phi) is 3.85. The van der Waals surface area contributed by atoms with Crippen molar-refractivity contribution in [2.75, 3.05) is 19.5 Å². The molecule has 0 saturated heterocycles. The molecule has 0 saturated carbocycles. The highest BCUT2D eigenvalue weighted by Crippen LogP contribution is 2.33. The van der Waals surface area contributed by atoms with Gasteiger partial charge in [0, 0.05) is 23.7 Å². The molecule has 0 aliphatic carbocycles. The van der Waals surface area contributed by atoms with Gasteiger partial charge in [-0.3, -0.25) is 0 Å². The highest BCUT2D eigenvalue weighted by atomic mass is 16.5. The largest absolute Gasteiger partial charge is 0.495 e. The number of hydrogen-bond acceptors (Lipinski definition) is 6. The number of benzene rings is 1. The minimum atomic E-state index is 0.281. The third kappa shape index (κ3) is 2.83. The predicted molar refractivity (Wildman–Crippen MR) is 93.7 cm³/mol. The number of hydrogen-bond donors (Lipinski definition) is 1. The zero-order valence-electron chi connectivity index (χ0n) is 14.2. The van der Waals surface area contributed by atoms with Crippen molar-refractivity contribution in [2.24, 2.45) is 0 Å². The highest BCUT2D eigenvalue weighted by molar-refractivity contribution is 5.69. The van der Waals surface area contributed by atoms with E-state index in [9.17, 15) is 0 Å². The van der Waals surface area contributed by atoms with Gasteiger partial charge in [0.25, 0.3) is 0 Å². The van der Waals surface area contributed by atoms with E-state index in [2.05, 4.69) is 15.0 Å². The van der Waals surface area contributed by atoms with Crippen LogP contribution in [0.2, 0.25) is 0 Å². The molecule has 0 spiro atoms. The summed E-state index contributed by atoms with van der Waals surface area (Å²) in [6.07, 6.45) is 4.47. The maximum Gasteiger partial charge on any atom is 0.220 e. The molecule has 0 unspecified atom stereocenters. The van der Waals surface area contributed by atoms with Crippen LogP contribution in [0.4, 0.5) is 5.95 Å². The first-order valence-electron chi connectivity index (χ1n) is 8.08. The molecule has 2 N–H and O–H groups in total. The first-order valence-corrected chi connectivity index (χ1v) is 8.08. The van der Waals surface area contributed by atoms with Gasteiger partial charge in [-0.25, -0.2) is 15.0 Å². The van der Waals surface area contributed by atoms with Crippen molar-refractivity contribution in [1.82, 2.24) is 19.5 Å². The zero-order chi connectivity index (χ0) is 17.4. The van der Waals surface area contributed by atoms with Gasteiger partial charge in [-0.2, -0.15) is 0 Å². The molecule has 1 aromatic carbocycles. The SMILES string of the molecule is COc1cc(-c2nc(N)nc3c2COCC3)ccc1-n1cnc(C)c1. The smallest absolute Gasteiger partial charge is 0.220 e. The second-order valence-electron chi connectivity index (χ2n) is 5.97. The number of nitrogens with two attached hydrogens (primary N) is 1. The number of ether oxygens (including phenoxy) is 2. The van der Waals surface area contributed by atoms with Gasteiger partial charge in [-0.1, -0.05) is 6.07 Å². The van der Waals surface area contributed by atoms with Gasteiger partial charge in [0.15, 0.2) is 0 Å². The molecule has 1 aliphatic heterocycles. The Morgan fingerprint density at radius 3 is 2.92 bits per heavy atom. The van der Waals surface area contributed by atoms with Crippen LogP contribution in [0, 0.1) is 6.92 Å². The highest BCUT2D eigenvalue weighted by Gasteiger charge is 2.20. The topological polar surface area (TPSA) is 88.1 Å². The second kappa shape index (κ2) is 6.18. The summed E-state index contributed by atoms with van der Waals surface area (Å²) in [5.41, 5.74) is 11.4. The number of rotatable bonds is 3. The normalized spacial score (nSPS) is 13.5. The van der Waals surface area contributed by atoms with Gasteiger partial charge < -0.3 is 19.8 Å². The van der Waals surface area contributed by atoms with E-state index in [1.54, 1.807) is 13.4 Å². The Morgan fingerprint density at radius 1 is 1.28 bits per heavy atom. The van der Waals surface area contributed by atoms with Gasteiger partial charge in [0.1, 0.15) is 5.75 Å². The average molecular weight is 337 g/mol. The molecule has 4 rings (SSSR count). The van der Waals surface area contributed by atoms with E-state index in [1.807, 2.05) is 35.9 Å². The van der Waals surface area contributed by atoms with E-state index in [0.29, 0.717) is 13.2 Å². The molecule has 0 fully saturated rings. The molecule has 128 valence electrons. The fraction of sp³-hybridized carbons (Fsp3) is 0.278. The summed E-state index contributed by atoms with van der Waals surface area (Å²) in [4.78, 5) is 13.1. The number of anilines is 1. The standard InChI is InChI=1S/C18H19N5O2/c1-11-8-23(10-20-11)15-4-3-12(7-16(15)24-2)17-13-9-25-6-5-14(13)21-18(19)22-17/h3-4,7-8,10H,5-6,9H2,1-2H3,(H2,19,21,22). The van der Waals surface area contributed by atoms with E-state index < -0.39 is 0 Å². The van der Waals surface area contributed by atoms with Crippen LogP contribution in [0.1, 0.15) is 17.0 Å². The van der Waals surface area contributed by atoms with Crippen LogP contribution >= 0.6 is 0 Å². The van der Waals surface area contributed by atoms with Gasteiger partial charge >= 0.3 is 0 Å². The van der Waals surface area contributed by atoms with Crippen molar-refractivity contribution in [1.29, 1.82) is 0 Å². The molecule has 3 heterocycles. The van der Waals surface area contributed by atoms with Gasteiger partial charge in [-0.05, 0) is 19.1 Å². The van der Waals surface area contributed by atoms with Crippen LogP contribution in [0.15, 0.2) is 30.7 Å². The Bertz CT molecular complexity index is 935. The molecule has 0 amide bonds. The summed E-state index contributed by atoms with van der Waals surface area (Å²) < 4.78 is 13.1. The third-order valence-electron chi connectivity index (χ3n) is 4.28.